The summed E-state index contributed by atoms with van der Waals surface area (Å²) in [4.78, 5) is 4.95. The molecular weight excluding hydrogens is 239 g/mol. The molecule has 0 bridgehead atoms. The number of rotatable bonds is 1. The Morgan fingerprint density at radius 2 is 2.07 bits per heavy atom. The Balaban J connectivity index is 2.55. The smallest absolute Gasteiger partial charge is 0.132 e. The maximum Gasteiger partial charge on any atom is 0.132 e. The molecule has 2 aromatic heterocycles. The average Bonchev–Trinajstić information content (AvgIpc) is 2.56. The number of hydrogen-bond acceptors (Lipinski definition) is 3. The molecule has 0 fully saturated rings. The summed E-state index contributed by atoms with van der Waals surface area (Å²) >= 11 is 13.1. The molecule has 0 aliphatic rings. The van der Waals surface area contributed by atoms with Crippen LogP contribution in [0.4, 0.5) is 5.82 Å². The van der Waals surface area contributed by atoms with E-state index in [2.05, 4.69) is 4.98 Å². The van der Waals surface area contributed by atoms with Crippen molar-refractivity contribution in [2.75, 3.05) is 5.73 Å². The largest absolute Gasteiger partial charge is 0.383 e. The van der Waals surface area contributed by atoms with E-state index in [1.165, 1.54) is 17.5 Å². The molecular formula is C9H6Cl2N2S. The maximum atomic E-state index is 5.83. The minimum absolute atomic E-state index is 0.466. The van der Waals surface area contributed by atoms with Gasteiger partial charge < -0.3 is 5.73 Å². The van der Waals surface area contributed by atoms with Gasteiger partial charge in [0.2, 0.25) is 0 Å². The summed E-state index contributed by atoms with van der Waals surface area (Å²) in [7, 11) is 0. The fourth-order valence-electron chi connectivity index (χ4n) is 1.11. The molecule has 5 heteroatoms. The maximum absolute atomic E-state index is 5.83. The molecule has 2 heterocycles. The summed E-state index contributed by atoms with van der Waals surface area (Å²) in [6.45, 7) is 0. The molecule has 0 aromatic carbocycles. The van der Waals surface area contributed by atoms with E-state index in [0.717, 1.165) is 14.8 Å². The van der Waals surface area contributed by atoms with Crippen LogP contribution in [-0.4, -0.2) is 4.98 Å². The van der Waals surface area contributed by atoms with Crippen molar-refractivity contribution in [1.29, 1.82) is 0 Å². The van der Waals surface area contributed by atoms with Gasteiger partial charge in [-0.3, -0.25) is 0 Å². The van der Waals surface area contributed by atoms with Crippen molar-refractivity contribution in [2.24, 2.45) is 0 Å². The number of aromatic nitrogens is 1. The van der Waals surface area contributed by atoms with Crippen LogP contribution in [0.15, 0.2) is 24.4 Å². The highest BCUT2D eigenvalue weighted by Crippen LogP contribution is 2.34. The van der Waals surface area contributed by atoms with Crippen LogP contribution in [0.25, 0.3) is 10.4 Å². The fraction of sp³-hybridized carbons (Fsp3) is 0. The molecule has 2 nitrogen and oxygen atoms in total. The molecule has 0 atom stereocenters. The highest BCUT2D eigenvalue weighted by Gasteiger charge is 2.07. The summed E-state index contributed by atoms with van der Waals surface area (Å²) in [5, 5.41) is 0.568. The van der Waals surface area contributed by atoms with E-state index in [0.29, 0.717) is 10.8 Å². The molecule has 2 N–H and O–H groups in total. The average molecular weight is 245 g/mol. The van der Waals surface area contributed by atoms with Gasteiger partial charge in [0.25, 0.3) is 0 Å². The molecule has 2 aromatic rings. The number of nitrogens with zero attached hydrogens (tertiary/aromatic N) is 1. The molecule has 0 spiro atoms. The van der Waals surface area contributed by atoms with Crippen molar-refractivity contribution < 1.29 is 0 Å². The molecule has 2 rings (SSSR count). The first kappa shape index (κ1) is 9.77. The van der Waals surface area contributed by atoms with E-state index in [1.807, 2.05) is 12.1 Å². The lowest BCUT2D eigenvalue weighted by atomic mass is 10.2. The fourth-order valence-corrected chi connectivity index (χ4v) is 2.33. The van der Waals surface area contributed by atoms with Gasteiger partial charge in [-0.1, -0.05) is 23.2 Å². The summed E-state index contributed by atoms with van der Waals surface area (Å²) in [5.74, 6) is 0.466. The SMILES string of the molecule is Nc1ncc(Cl)cc1-c1ccc(Cl)s1. The number of anilines is 1. The molecule has 14 heavy (non-hydrogen) atoms. The van der Waals surface area contributed by atoms with Crippen LogP contribution in [0.3, 0.4) is 0 Å². The van der Waals surface area contributed by atoms with E-state index in [9.17, 15) is 0 Å². The summed E-state index contributed by atoms with van der Waals surface area (Å²) < 4.78 is 0.722. The van der Waals surface area contributed by atoms with Gasteiger partial charge in [0.1, 0.15) is 5.82 Å². The van der Waals surface area contributed by atoms with Crippen molar-refractivity contribution in [3.05, 3.63) is 33.8 Å². The molecule has 0 aliphatic carbocycles. The summed E-state index contributed by atoms with van der Waals surface area (Å²) in [5.41, 5.74) is 6.55. The third-order valence-corrected chi connectivity index (χ3v) is 3.19. The summed E-state index contributed by atoms with van der Waals surface area (Å²) in [6, 6.07) is 5.50. The Hall–Kier alpha value is -0.770. The van der Waals surface area contributed by atoms with Gasteiger partial charge in [0.15, 0.2) is 0 Å². The molecule has 0 amide bonds. The number of hydrogen-bond donors (Lipinski definition) is 1. The number of thiophene rings is 1. The molecule has 0 saturated carbocycles. The van der Waals surface area contributed by atoms with Crippen LogP contribution in [-0.2, 0) is 0 Å². The highest BCUT2D eigenvalue weighted by atomic mass is 35.5. The second kappa shape index (κ2) is 3.77. The number of pyridine rings is 1. The number of halogens is 2. The Morgan fingerprint density at radius 1 is 1.29 bits per heavy atom. The quantitative estimate of drug-likeness (QED) is 0.831. The zero-order chi connectivity index (χ0) is 10.1. The zero-order valence-electron chi connectivity index (χ0n) is 7.00. The monoisotopic (exact) mass is 244 g/mol. The van der Waals surface area contributed by atoms with Crippen LogP contribution in [0, 0.1) is 0 Å². The normalized spacial score (nSPS) is 10.4. The summed E-state index contributed by atoms with van der Waals surface area (Å²) in [6.07, 6.45) is 1.52. The second-order valence-electron chi connectivity index (χ2n) is 2.69. The van der Waals surface area contributed by atoms with Gasteiger partial charge in [-0.15, -0.1) is 11.3 Å². The van der Waals surface area contributed by atoms with Crippen molar-refractivity contribution in [1.82, 2.24) is 4.98 Å². The van der Waals surface area contributed by atoms with Crippen molar-refractivity contribution >= 4 is 40.4 Å². The minimum atomic E-state index is 0.466. The van der Waals surface area contributed by atoms with Crippen molar-refractivity contribution in [3.63, 3.8) is 0 Å². The minimum Gasteiger partial charge on any atom is -0.383 e. The lowest BCUT2D eigenvalue weighted by molar-refractivity contribution is 1.34. The first-order valence-corrected chi connectivity index (χ1v) is 5.41. The van der Waals surface area contributed by atoms with Gasteiger partial charge in [-0.05, 0) is 18.2 Å². The lowest BCUT2D eigenvalue weighted by Crippen LogP contribution is -1.92. The van der Waals surface area contributed by atoms with E-state index < -0.39 is 0 Å². The van der Waals surface area contributed by atoms with Crippen LogP contribution < -0.4 is 5.73 Å². The highest BCUT2D eigenvalue weighted by molar-refractivity contribution is 7.19. The molecule has 0 radical (unpaired) electrons. The van der Waals surface area contributed by atoms with Gasteiger partial charge in [-0.2, -0.15) is 0 Å². The van der Waals surface area contributed by atoms with Crippen molar-refractivity contribution in [2.45, 2.75) is 0 Å². The molecule has 0 unspecified atom stereocenters. The van der Waals surface area contributed by atoms with Crippen LogP contribution in [0.5, 0.6) is 0 Å². The number of nitrogens with two attached hydrogens (primary N) is 1. The van der Waals surface area contributed by atoms with Gasteiger partial charge in [0.05, 0.1) is 9.36 Å². The number of nitrogen functional groups attached to an aromatic ring is 1. The van der Waals surface area contributed by atoms with Crippen molar-refractivity contribution in [3.8, 4) is 10.4 Å². The predicted molar refractivity (Wildman–Crippen MR) is 62.0 cm³/mol. The Bertz CT molecular complexity index is 468. The Kier molecular flexibility index (Phi) is 2.63. The van der Waals surface area contributed by atoms with E-state index in [1.54, 1.807) is 6.07 Å². The topological polar surface area (TPSA) is 38.9 Å². The van der Waals surface area contributed by atoms with E-state index in [4.69, 9.17) is 28.9 Å². The second-order valence-corrected chi connectivity index (χ2v) is 4.84. The van der Waals surface area contributed by atoms with E-state index >= 15 is 0 Å². The zero-order valence-corrected chi connectivity index (χ0v) is 9.33. The molecule has 0 saturated heterocycles. The predicted octanol–water partition coefficient (Wildman–Crippen LogP) is 3.70. The van der Waals surface area contributed by atoms with Gasteiger partial charge in [0, 0.05) is 16.6 Å². The standard InChI is InChI=1S/C9H6Cl2N2S/c10-5-3-6(9(12)13-4-5)7-1-2-8(11)14-7/h1-4H,(H2,12,13). The first-order chi connectivity index (χ1) is 6.66. The van der Waals surface area contributed by atoms with Crippen LogP contribution in [0.1, 0.15) is 0 Å². The van der Waals surface area contributed by atoms with E-state index in [-0.39, 0.29) is 0 Å². The third kappa shape index (κ3) is 1.85. The molecule has 0 aliphatic heterocycles. The van der Waals surface area contributed by atoms with Gasteiger partial charge >= 0.3 is 0 Å². The van der Waals surface area contributed by atoms with Crippen LogP contribution >= 0.6 is 34.5 Å². The third-order valence-electron chi connectivity index (χ3n) is 1.72. The van der Waals surface area contributed by atoms with Crippen LogP contribution in [0.2, 0.25) is 9.36 Å². The molecule has 72 valence electrons. The lowest BCUT2D eigenvalue weighted by Gasteiger charge is -2.01. The first-order valence-electron chi connectivity index (χ1n) is 3.83. The van der Waals surface area contributed by atoms with Gasteiger partial charge in [-0.25, -0.2) is 4.98 Å². The Morgan fingerprint density at radius 3 is 2.71 bits per heavy atom. The Labute approximate surface area is 95.3 Å².